The van der Waals surface area contributed by atoms with Crippen molar-refractivity contribution in [2.45, 2.75) is 38.1 Å². The van der Waals surface area contributed by atoms with Gasteiger partial charge in [0.15, 0.2) is 0 Å². The zero-order valence-electron chi connectivity index (χ0n) is 10.6. The van der Waals surface area contributed by atoms with Gasteiger partial charge >= 0.3 is 0 Å². The predicted octanol–water partition coefficient (Wildman–Crippen LogP) is 3.25. The smallest absolute Gasteiger partial charge is 0.235 e. The maximum atomic E-state index is 13.8. The molecule has 0 atom stereocenters. The van der Waals surface area contributed by atoms with Crippen molar-refractivity contribution >= 4 is 6.08 Å². The molecule has 1 aliphatic carbocycles. The quantitative estimate of drug-likeness (QED) is 0.609. The number of aryl methyl sites for hydroxylation is 1. The molecule has 18 heavy (non-hydrogen) atoms. The fourth-order valence-electron chi connectivity index (χ4n) is 2.68. The fourth-order valence-corrected chi connectivity index (χ4v) is 2.68. The van der Waals surface area contributed by atoms with Gasteiger partial charge in [-0.05, 0) is 37.5 Å². The highest BCUT2D eigenvalue weighted by Crippen LogP contribution is 2.46. The predicted molar refractivity (Wildman–Crippen MR) is 66.0 cm³/mol. The van der Waals surface area contributed by atoms with Crippen LogP contribution in [0, 0.1) is 12.7 Å². The Hall–Kier alpha value is -1.67. The lowest BCUT2D eigenvalue weighted by atomic mass is 9.87. The van der Waals surface area contributed by atoms with Crippen LogP contribution in [0.3, 0.4) is 0 Å². The average Bonchev–Trinajstić information content (AvgIpc) is 2.82. The van der Waals surface area contributed by atoms with E-state index in [9.17, 15) is 9.18 Å². The van der Waals surface area contributed by atoms with Crippen molar-refractivity contribution in [2.24, 2.45) is 4.99 Å². The van der Waals surface area contributed by atoms with Crippen molar-refractivity contribution in [2.75, 3.05) is 7.11 Å². The van der Waals surface area contributed by atoms with E-state index in [-0.39, 0.29) is 5.82 Å². The second-order valence-corrected chi connectivity index (χ2v) is 4.74. The molecule has 0 aliphatic heterocycles. The molecule has 3 nitrogen and oxygen atoms in total. The summed E-state index contributed by atoms with van der Waals surface area (Å²) in [6, 6.07) is 3.10. The number of hydrogen-bond acceptors (Lipinski definition) is 3. The number of nitrogens with zero attached hydrogens (tertiary/aromatic N) is 1. The summed E-state index contributed by atoms with van der Waals surface area (Å²) in [5.41, 5.74) is 0.537. The van der Waals surface area contributed by atoms with Crippen LogP contribution in [0.15, 0.2) is 17.1 Å². The fraction of sp³-hybridized carbons (Fsp3) is 0.500. The van der Waals surface area contributed by atoms with Gasteiger partial charge in [0.1, 0.15) is 17.1 Å². The summed E-state index contributed by atoms with van der Waals surface area (Å²) in [7, 11) is 1.55. The van der Waals surface area contributed by atoms with Crippen LogP contribution < -0.4 is 4.74 Å². The minimum absolute atomic E-state index is 0.293. The highest BCUT2D eigenvalue weighted by Gasteiger charge is 2.38. The number of benzene rings is 1. The molecule has 1 fully saturated rings. The average molecular weight is 249 g/mol. The van der Waals surface area contributed by atoms with Gasteiger partial charge in [-0.2, -0.15) is 4.99 Å². The molecule has 0 heterocycles. The van der Waals surface area contributed by atoms with Crippen LogP contribution in [0.4, 0.5) is 4.39 Å². The van der Waals surface area contributed by atoms with Crippen molar-refractivity contribution in [1.82, 2.24) is 0 Å². The summed E-state index contributed by atoms with van der Waals surface area (Å²) < 4.78 is 19.1. The van der Waals surface area contributed by atoms with Crippen molar-refractivity contribution < 1.29 is 13.9 Å². The van der Waals surface area contributed by atoms with Crippen LogP contribution in [0.1, 0.15) is 36.8 Å². The lowest BCUT2D eigenvalue weighted by Gasteiger charge is -2.25. The molecular formula is C14H16FNO2. The van der Waals surface area contributed by atoms with Crippen LogP contribution in [0.5, 0.6) is 5.75 Å². The standard InChI is InChI=1S/C14H16FNO2/c1-10-7-13(18-2)11(8-12(10)15)14(16-9-17)5-3-4-6-14/h7-8H,3-6H2,1-2H3. The first-order chi connectivity index (χ1) is 8.63. The Kier molecular flexibility index (Phi) is 3.48. The minimum atomic E-state index is -0.651. The summed E-state index contributed by atoms with van der Waals surface area (Å²) in [4.78, 5) is 14.6. The first-order valence-corrected chi connectivity index (χ1v) is 6.06. The van der Waals surface area contributed by atoms with Crippen molar-refractivity contribution in [1.29, 1.82) is 0 Å². The molecule has 1 aromatic rings. The number of halogens is 1. The van der Waals surface area contributed by atoms with E-state index in [0.717, 1.165) is 25.7 Å². The molecule has 0 bridgehead atoms. The van der Waals surface area contributed by atoms with E-state index in [4.69, 9.17) is 4.74 Å². The molecule has 0 aromatic heterocycles. The third kappa shape index (κ3) is 2.04. The van der Waals surface area contributed by atoms with Gasteiger partial charge in [0.25, 0.3) is 0 Å². The Bertz CT molecular complexity index is 501. The topological polar surface area (TPSA) is 38.7 Å². The van der Waals surface area contributed by atoms with E-state index < -0.39 is 5.54 Å². The van der Waals surface area contributed by atoms with E-state index in [1.165, 1.54) is 6.07 Å². The molecule has 1 aromatic carbocycles. The molecule has 96 valence electrons. The van der Waals surface area contributed by atoms with Gasteiger partial charge < -0.3 is 4.74 Å². The van der Waals surface area contributed by atoms with Crippen LogP contribution in [0.25, 0.3) is 0 Å². The molecule has 1 aliphatic rings. The summed E-state index contributed by atoms with van der Waals surface area (Å²) in [6.45, 7) is 1.69. The number of methoxy groups -OCH3 is 1. The van der Waals surface area contributed by atoms with E-state index in [1.807, 2.05) is 0 Å². The van der Waals surface area contributed by atoms with Crippen molar-refractivity contribution in [3.63, 3.8) is 0 Å². The molecule has 0 spiro atoms. The number of ether oxygens (including phenoxy) is 1. The van der Waals surface area contributed by atoms with Crippen LogP contribution in [0.2, 0.25) is 0 Å². The van der Waals surface area contributed by atoms with Gasteiger partial charge in [-0.25, -0.2) is 9.18 Å². The van der Waals surface area contributed by atoms with E-state index in [0.29, 0.717) is 16.9 Å². The molecular weight excluding hydrogens is 233 g/mol. The Labute approximate surface area is 106 Å². The molecule has 2 rings (SSSR count). The molecule has 0 N–H and O–H groups in total. The first kappa shape index (κ1) is 12.8. The maximum Gasteiger partial charge on any atom is 0.235 e. The van der Waals surface area contributed by atoms with Gasteiger partial charge in [0.2, 0.25) is 6.08 Å². The highest BCUT2D eigenvalue weighted by molar-refractivity contribution is 5.46. The molecule has 0 amide bonds. The van der Waals surface area contributed by atoms with Crippen LogP contribution in [-0.4, -0.2) is 13.2 Å². The third-order valence-electron chi connectivity index (χ3n) is 3.67. The lowest BCUT2D eigenvalue weighted by molar-refractivity contribution is 0.376. The number of rotatable bonds is 3. The maximum absolute atomic E-state index is 13.8. The number of isocyanates is 1. The van der Waals surface area contributed by atoms with Crippen molar-refractivity contribution in [3.8, 4) is 5.75 Å². The van der Waals surface area contributed by atoms with Crippen molar-refractivity contribution in [3.05, 3.63) is 29.1 Å². The van der Waals surface area contributed by atoms with Crippen LogP contribution >= 0.6 is 0 Å². The number of carbonyl (C=O) groups excluding carboxylic acids is 1. The highest BCUT2D eigenvalue weighted by atomic mass is 19.1. The molecule has 0 saturated heterocycles. The zero-order chi connectivity index (χ0) is 13.2. The van der Waals surface area contributed by atoms with E-state index in [1.54, 1.807) is 26.2 Å². The third-order valence-corrected chi connectivity index (χ3v) is 3.67. The Morgan fingerprint density at radius 2 is 2.06 bits per heavy atom. The summed E-state index contributed by atoms with van der Waals surface area (Å²) in [5, 5.41) is 0. The Morgan fingerprint density at radius 1 is 1.39 bits per heavy atom. The zero-order valence-corrected chi connectivity index (χ0v) is 10.6. The molecule has 0 radical (unpaired) electrons. The second kappa shape index (κ2) is 4.91. The number of hydrogen-bond donors (Lipinski definition) is 0. The Morgan fingerprint density at radius 3 is 2.61 bits per heavy atom. The van der Waals surface area contributed by atoms with Gasteiger partial charge in [-0.3, -0.25) is 0 Å². The van der Waals surface area contributed by atoms with Gasteiger partial charge in [0, 0.05) is 5.56 Å². The Balaban J connectivity index is 2.60. The lowest BCUT2D eigenvalue weighted by Crippen LogP contribution is -2.20. The van der Waals surface area contributed by atoms with Gasteiger partial charge in [-0.15, -0.1) is 0 Å². The van der Waals surface area contributed by atoms with Gasteiger partial charge in [-0.1, -0.05) is 12.8 Å². The summed E-state index contributed by atoms with van der Waals surface area (Å²) >= 11 is 0. The number of aliphatic imine (C=N–C) groups is 1. The van der Waals surface area contributed by atoms with E-state index in [2.05, 4.69) is 4.99 Å². The SMILES string of the molecule is COc1cc(C)c(F)cc1C1(N=C=O)CCCC1. The van der Waals surface area contributed by atoms with Crippen LogP contribution in [-0.2, 0) is 10.3 Å². The normalized spacial score (nSPS) is 17.3. The molecule has 4 heteroatoms. The second-order valence-electron chi connectivity index (χ2n) is 4.74. The summed E-state index contributed by atoms with van der Waals surface area (Å²) in [6.07, 6.45) is 5.06. The van der Waals surface area contributed by atoms with E-state index >= 15 is 0 Å². The minimum Gasteiger partial charge on any atom is -0.496 e. The largest absolute Gasteiger partial charge is 0.496 e. The summed E-state index contributed by atoms with van der Waals surface area (Å²) in [5.74, 6) is 0.299. The molecule has 1 saturated carbocycles. The first-order valence-electron chi connectivity index (χ1n) is 6.06. The monoisotopic (exact) mass is 249 g/mol. The molecule has 0 unspecified atom stereocenters. The van der Waals surface area contributed by atoms with Gasteiger partial charge in [0.05, 0.1) is 7.11 Å².